The molecule has 5 aromatic rings. The van der Waals surface area contributed by atoms with Crippen LogP contribution in [0.2, 0.25) is 0 Å². The van der Waals surface area contributed by atoms with Crippen LogP contribution in [0.15, 0.2) is 85.2 Å². The zero-order chi connectivity index (χ0) is 23.6. The van der Waals surface area contributed by atoms with Crippen molar-refractivity contribution in [2.45, 2.75) is 0 Å². The molecule has 0 radical (unpaired) electrons. The minimum Gasteiger partial charge on any atom is -0.397 e. The highest BCUT2D eigenvalue weighted by atomic mass is 16.5. The second-order valence-corrected chi connectivity index (χ2v) is 8.56. The molecule has 0 saturated carbocycles. The first-order valence-electron chi connectivity index (χ1n) is 11.7. The molecule has 3 heterocycles. The summed E-state index contributed by atoms with van der Waals surface area (Å²) >= 11 is 0. The Balaban J connectivity index is 1.30. The van der Waals surface area contributed by atoms with E-state index in [-0.39, 0.29) is 0 Å². The van der Waals surface area contributed by atoms with Gasteiger partial charge in [0.15, 0.2) is 0 Å². The van der Waals surface area contributed by atoms with Gasteiger partial charge < -0.3 is 26.0 Å². The second-order valence-electron chi connectivity index (χ2n) is 8.56. The zero-order valence-corrected chi connectivity index (χ0v) is 19.2. The van der Waals surface area contributed by atoms with Crippen molar-refractivity contribution < 1.29 is 4.74 Å². The van der Waals surface area contributed by atoms with E-state index in [9.17, 15) is 0 Å². The number of hydrogen-bond donors (Lipinski definition) is 3. The van der Waals surface area contributed by atoms with Gasteiger partial charge in [-0.25, -0.2) is 4.98 Å². The number of ether oxygens (including phenoxy) is 1. The Bertz CT molecular complexity index is 1500. The Morgan fingerprint density at radius 1 is 0.714 bits per heavy atom. The highest BCUT2D eigenvalue weighted by molar-refractivity contribution is 6.04. The van der Waals surface area contributed by atoms with Gasteiger partial charge in [-0.15, -0.1) is 0 Å². The molecule has 3 aromatic carbocycles. The van der Waals surface area contributed by atoms with Crippen molar-refractivity contribution in [3.05, 3.63) is 85.2 Å². The van der Waals surface area contributed by atoms with Crippen molar-refractivity contribution in [3.8, 4) is 0 Å². The predicted molar refractivity (Wildman–Crippen MR) is 144 cm³/mol. The van der Waals surface area contributed by atoms with Gasteiger partial charge in [-0.05, 0) is 48.5 Å². The van der Waals surface area contributed by atoms with Crippen LogP contribution in [0, 0.1) is 0 Å². The fraction of sp³-hybridized carbons (Fsp3) is 0.143. The molecule has 1 aliphatic heterocycles. The molecule has 0 unspecified atom stereocenters. The summed E-state index contributed by atoms with van der Waals surface area (Å²) in [6.07, 6.45) is 3.61. The molecule has 0 atom stereocenters. The van der Waals surface area contributed by atoms with Gasteiger partial charge in [-0.2, -0.15) is 0 Å². The molecule has 1 saturated heterocycles. The first kappa shape index (κ1) is 21.2. The third-order valence-corrected chi connectivity index (χ3v) is 6.38. The van der Waals surface area contributed by atoms with Gasteiger partial charge in [0, 0.05) is 64.4 Å². The summed E-state index contributed by atoms with van der Waals surface area (Å²) < 4.78 is 5.46. The molecule has 174 valence electrons. The number of hydrogen-bond acceptors (Lipinski definition) is 7. The first-order valence-corrected chi connectivity index (χ1v) is 11.7. The van der Waals surface area contributed by atoms with Gasteiger partial charge in [0.05, 0.1) is 24.4 Å². The number of rotatable bonds is 5. The number of nitrogens with one attached hydrogen (secondary N) is 2. The van der Waals surface area contributed by atoms with Crippen LogP contribution in [-0.4, -0.2) is 36.3 Å². The molecule has 0 spiro atoms. The zero-order valence-electron chi connectivity index (χ0n) is 19.2. The van der Waals surface area contributed by atoms with Gasteiger partial charge >= 0.3 is 0 Å². The monoisotopic (exact) mass is 462 g/mol. The molecular formula is C28H26N6O. The molecule has 4 N–H and O–H groups in total. The lowest BCUT2D eigenvalue weighted by atomic mass is 10.1. The molecule has 6 rings (SSSR count). The Kier molecular flexibility index (Phi) is 5.52. The minimum absolute atomic E-state index is 0.666. The summed E-state index contributed by atoms with van der Waals surface area (Å²) in [6, 6.07) is 24.5. The lowest BCUT2D eigenvalue weighted by molar-refractivity contribution is 0.122. The SMILES string of the molecule is Nc1cccc2c(Nc3cccc4c(Nc5ccc(N6CCOCC6)cc5)nccc34)ccnc12. The summed E-state index contributed by atoms with van der Waals surface area (Å²) in [5.41, 5.74) is 11.8. The summed E-state index contributed by atoms with van der Waals surface area (Å²) in [4.78, 5) is 11.4. The minimum atomic E-state index is 0.666. The van der Waals surface area contributed by atoms with Gasteiger partial charge in [-0.1, -0.05) is 24.3 Å². The van der Waals surface area contributed by atoms with E-state index in [4.69, 9.17) is 10.5 Å². The quantitative estimate of drug-likeness (QED) is 0.289. The van der Waals surface area contributed by atoms with E-state index in [0.717, 1.165) is 70.9 Å². The largest absolute Gasteiger partial charge is 0.397 e. The van der Waals surface area contributed by atoms with Crippen LogP contribution < -0.4 is 21.3 Å². The number of nitrogen functional groups attached to an aromatic ring is 1. The number of nitrogens with zero attached hydrogens (tertiary/aromatic N) is 3. The Labute approximate surface area is 203 Å². The maximum absolute atomic E-state index is 6.14. The molecule has 0 amide bonds. The van der Waals surface area contributed by atoms with E-state index in [1.807, 2.05) is 42.6 Å². The predicted octanol–water partition coefficient (Wildman–Crippen LogP) is 5.69. The molecule has 0 aliphatic carbocycles. The van der Waals surface area contributed by atoms with E-state index in [1.54, 1.807) is 6.20 Å². The molecule has 7 nitrogen and oxygen atoms in total. The van der Waals surface area contributed by atoms with Crippen molar-refractivity contribution in [1.82, 2.24) is 9.97 Å². The lowest BCUT2D eigenvalue weighted by Gasteiger charge is -2.28. The Morgan fingerprint density at radius 2 is 1.46 bits per heavy atom. The normalized spacial score (nSPS) is 13.8. The highest BCUT2D eigenvalue weighted by Crippen LogP contribution is 2.34. The summed E-state index contributed by atoms with van der Waals surface area (Å²) in [5, 5.41) is 10.2. The number of aromatic nitrogens is 2. The molecule has 1 fully saturated rings. The van der Waals surface area contributed by atoms with Crippen molar-refractivity contribution in [2.24, 2.45) is 0 Å². The number of fused-ring (bicyclic) bond motifs is 2. The van der Waals surface area contributed by atoms with Crippen molar-refractivity contribution in [3.63, 3.8) is 0 Å². The van der Waals surface area contributed by atoms with E-state index in [0.29, 0.717) is 5.69 Å². The fourth-order valence-corrected chi connectivity index (χ4v) is 4.58. The van der Waals surface area contributed by atoms with Gasteiger partial charge in [0.25, 0.3) is 0 Å². The smallest absolute Gasteiger partial charge is 0.138 e. The molecule has 7 heteroatoms. The summed E-state index contributed by atoms with van der Waals surface area (Å²) in [5.74, 6) is 0.814. The number of benzene rings is 3. The van der Waals surface area contributed by atoms with Crippen molar-refractivity contribution >= 4 is 55.9 Å². The summed E-state index contributed by atoms with van der Waals surface area (Å²) in [7, 11) is 0. The van der Waals surface area contributed by atoms with E-state index >= 15 is 0 Å². The topological polar surface area (TPSA) is 88.3 Å². The molecular weight excluding hydrogens is 436 g/mol. The van der Waals surface area contributed by atoms with Crippen molar-refractivity contribution in [1.29, 1.82) is 0 Å². The highest BCUT2D eigenvalue weighted by Gasteiger charge is 2.12. The lowest BCUT2D eigenvalue weighted by Crippen LogP contribution is -2.36. The fourth-order valence-electron chi connectivity index (χ4n) is 4.58. The number of morpholine rings is 1. The van der Waals surface area contributed by atoms with Crippen LogP contribution in [0.25, 0.3) is 21.7 Å². The van der Waals surface area contributed by atoms with E-state index in [1.165, 1.54) is 5.69 Å². The number of nitrogens with two attached hydrogens (primary N) is 1. The standard InChI is InChI=1S/C28H26N6O/c29-24-5-1-4-23-26(12-14-30-27(23)24)33-25-6-2-3-22-21(25)11-13-31-28(22)32-19-7-9-20(10-8-19)34-15-17-35-18-16-34/h1-14H,15-18,29H2,(H,30,33)(H,31,32). The molecule has 1 aliphatic rings. The Hall–Kier alpha value is -4.36. The van der Waals surface area contributed by atoms with Gasteiger partial charge in [-0.3, -0.25) is 4.98 Å². The molecule has 0 bridgehead atoms. The second kappa shape index (κ2) is 9.12. The Morgan fingerprint density at radius 3 is 2.31 bits per heavy atom. The van der Waals surface area contributed by atoms with E-state index < -0.39 is 0 Å². The molecule has 2 aromatic heterocycles. The van der Waals surface area contributed by atoms with Crippen LogP contribution in [-0.2, 0) is 4.74 Å². The third-order valence-electron chi connectivity index (χ3n) is 6.38. The average molecular weight is 463 g/mol. The van der Waals surface area contributed by atoms with Gasteiger partial charge in [0.2, 0.25) is 0 Å². The third kappa shape index (κ3) is 4.18. The first-order chi connectivity index (χ1) is 17.3. The van der Waals surface area contributed by atoms with Crippen LogP contribution in [0.4, 0.5) is 34.3 Å². The number of pyridine rings is 2. The van der Waals surface area contributed by atoms with Crippen LogP contribution in [0.1, 0.15) is 0 Å². The van der Waals surface area contributed by atoms with Crippen LogP contribution in [0.5, 0.6) is 0 Å². The van der Waals surface area contributed by atoms with Gasteiger partial charge in [0.1, 0.15) is 5.82 Å². The maximum atomic E-state index is 6.14. The number of para-hydroxylation sites is 1. The maximum Gasteiger partial charge on any atom is 0.138 e. The molecule has 35 heavy (non-hydrogen) atoms. The van der Waals surface area contributed by atoms with E-state index in [2.05, 4.69) is 61.9 Å². The van der Waals surface area contributed by atoms with Crippen LogP contribution >= 0.6 is 0 Å². The summed E-state index contributed by atoms with van der Waals surface area (Å²) in [6.45, 7) is 3.40. The van der Waals surface area contributed by atoms with Crippen LogP contribution in [0.3, 0.4) is 0 Å². The average Bonchev–Trinajstić information content (AvgIpc) is 2.91. The van der Waals surface area contributed by atoms with Crippen molar-refractivity contribution in [2.75, 3.05) is 47.6 Å². The number of anilines is 6.